The van der Waals surface area contributed by atoms with Gasteiger partial charge in [0.05, 0.1) is 21.1 Å². The molecule has 0 aromatic heterocycles. The zero-order valence-electron chi connectivity index (χ0n) is 13.5. The minimum absolute atomic E-state index is 0.0471. The summed E-state index contributed by atoms with van der Waals surface area (Å²) in [5.41, 5.74) is -1.72. The van der Waals surface area contributed by atoms with Crippen molar-refractivity contribution in [3.05, 3.63) is 33.9 Å². The van der Waals surface area contributed by atoms with E-state index in [4.69, 9.17) is 0 Å². The summed E-state index contributed by atoms with van der Waals surface area (Å²) in [6.45, 7) is 0.578. The Morgan fingerprint density at radius 3 is 2.56 bits per heavy atom. The van der Waals surface area contributed by atoms with Gasteiger partial charge in [0.15, 0.2) is 0 Å². The zero-order valence-corrected chi connectivity index (χ0v) is 14.3. The molecule has 0 bridgehead atoms. The standard InChI is InChI=1S/C16H19F3N2O3S/c17-16(18,19)12-6-7-14(13(8-12)21(23)24)25-10-15(22)20-9-11-4-2-1-3-5-11/h6-8,11H,1-5,9-10H2,(H,20,22). The van der Waals surface area contributed by atoms with Crippen molar-refractivity contribution in [1.29, 1.82) is 0 Å². The summed E-state index contributed by atoms with van der Waals surface area (Å²) in [7, 11) is 0. The van der Waals surface area contributed by atoms with E-state index in [-0.39, 0.29) is 16.6 Å². The average molecular weight is 376 g/mol. The summed E-state index contributed by atoms with van der Waals surface area (Å²) in [6.07, 6.45) is 1.05. The van der Waals surface area contributed by atoms with Crippen LogP contribution < -0.4 is 5.32 Å². The zero-order chi connectivity index (χ0) is 18.4. The van der Waals surface area contributed by atoms with Crippen molar-refractivity contribution in [1.82, 2.24) is 5.32 Å². The minimum Gasteiger partial charge on any atom is -0.355 e. The lowest BCUT2D eigenvalue weighted by molar-refractivity contribution is -0.388. The second-order valence-corrected chi connectivity index (χ2v) is 7.05. The van der Waals surface area contributed by atoms with Gasteiger partial charge in [0.2, 0.25) is 5.91 Å². The molecule has 0 saturated heterocycles. The van der Waals surface area contributed by atoms with Crippen LogP contribution in [0.3, 0.4) is 0 Å². The third kappa shape index (κ3) is 5.91. The van der Waals surface area contributed by atoms with E-state index in [2.05, 4.69) is 5.32 Å². The number of hydrogen-bond acceptors (Lipinski definition) is 4. The molecular weight excluding hydrogens is 357 g/mol. The molecule has 0 aliphatic heterocycles. The monoisotopic (exact) mass is 376 g/mol. The highest BCUT2D eigenvalue weighted by atomic mass is 32.2. The van der Waals surface area contributed by atoms with Crippen LogP contribution in [0, 0.1) is 16.0 Å². The van der Waals surface area contributed by atoms with Crippen molar-refractivity contribution in [2.24, 2.45) is 5.92 Å². The van der Waals surface area contributed by atoms with Crippen LogP contribution in [-0.4, -0.2) is 23.1 Å². The van der Waals surface area contributed by atoms with Crippen LogP contribution in [0.15, 0.2) is 23.1 Å². The number of rotatable bonds is 6. The third-order valence-corrected chi connectivity index (χ3v) is 5.22. The van der Waals surface area contributed by atoms with Crippen LogP contribution in [0.5, 0.6) is 0 Å². The number of nitrogens with one attached hydrogen (secondary N) is 1. The number of alkyl halides is 3. The molecule has 1 aromatic rings. The van der Waals surface area contributed by atoms with Crippen molar-refractivity contribution in [2.45, 2.75) is 43.2 Å². The predicted octanol–water partition coefficient (Wildman–Crippen LogP) is 4.40. The summed E-state index contributed by atoms with van der Waals surface area (Å²) in [6, 6.07) is 2.33. The Bertz CT molecular complexity index is 632. The van der Waals surface area contributed by atoms with E-state index >= 15 is 0 Å². The van der Waals surface area contributed by atoms with Gasteiger partial charge >= 0.3 is 6.18 Å². The number of nitrogens with zero attached hydrogens (tertiary/aromatic N) is 1. The van der Waals surface area contributed by atoms with E-state index in [0.717, 1.165) is 49.6 Å². The van der Waals surface area contributed by atoms with Gasteiger partial charge in [-0.1, -0.05) is 19.3 Å². The first-order chi connectivity index (χ1) is 11.8. The van der Waals surface area contributed by atoms with Gasteiger partial charge in [-0.15, -0.1) is 11.8 Å². The highest BCUT2D eigenvalue weighted by Gasteiger charge is 2.33. The summed E-state index contributed by atoms with van der Waals surface area (Å²) in [5, 5.41) is 13.8. The molecule has 0 heterocycles. The van der Waals surface area contributed by atoms with Gasteiger partial charge in [-0.3, -0.25) is 14.9 Å². The molecule has 0 atom stereocenters. The van der Waals surface area contributed by atoms with Crippen molar-refractivity contribution in [3.63, 3.8) is 0 Å². The SMILES string of the molecule is O=C(CSc1ccc(C(F)(F)F)cc1[N+](=O)[O-])NCC1CCCCC1. The van der Waals surface area contributed by atoms with Crippen LogP contribution in [0.1, 0.15) is 37.7 Å². The predicted molar refractivity (Wildman–Crippen MR) is 88.4 cm³/mol. The second kappa shape index (κ2) is 8.55. The molecule has 2 rings (SSSR count). The molecule has 25 heavy (non-hydrogen) atoms. The summed E-state index contributed by atoms with van der Waals surface area (Å²) in [4.78, 5) is 22.1. The Balaban J connectivity index is 1.92. The van der Waals surface area contributed by atoms with E-state index in [1.54, 1.807) is 0 Å². The minimum atomic E-state index is -4.65. The van der Waals surface area contributed by atoms with Gasteiger partial charge in [0, 0.05) is 12.6 Å². The van der Waals surface area contributed by atoms with Gasteiger partial charge < -0.3 is 5.32 Å². The molecule has 1 fully saturated rings. The maximum Gasteiger partial charge on any atom is 0.416 e. The van der Waals surface area contributed by atoms with E-state index < -0.39 is 22.4 Å². The molecule has 0 unspecified atom stereocenters. The number of carbonyl (C=O) groups excluding carboxylic acids is 1. The molecule has 0 radical (unpaired) electrons. The van der Waals surface area contributed by atoms with Gasteiger partial charge in [0.25, 0.3) is 5.69 Å². The van der Waals surface area contributed by atoms with E-state index in [9.17, 15) is 28.1 Å². The number of halogens is 3. The highest BCUT2D eigenvalue weighted by Crippen LogP contribution is 2.36. The lowest BCUT2D eigenvalue weighted by Gasteiger charge is -2.21. The van der Waals surface area contributed by atoms with Crippen LogP contribution in [0.4, 0.5) is 18.9 Å². The Hall–Kier alpha value is -1.77. The van der Waals surface area contributed by atoms with Crippen molar-refractivity contribution >= 4 is 23.4 Å². The second-order valence-electron chi connectivity index (χ2n) is 6.03. The quantitative estimate of drug-likeness (QED) is 0.454. The Kier molecular flexibility index (Phi) is 6.69. The Morgan fingerprint density at radius 2 is 1.96 bits per heavy atom. The van der Waals surface area contributed by atoms with Gasteiger partial charge in [-0.25, -0.2) is 0 Å². The molecule has 9 heteroatoms. The summed E-state index contributed by atoms with van der Waals surface area (Å²) < 4.78 is 38.0. The molecule has 5 nitrogen and oxygen atoms in total. The number of amides is 1. The van der Waals surface area contributed by atoms with Gasteiger partial charge in [-0.05, 0) is 30.9 Å². The lowest BCUT2D eigenvalue weighted by Crippen LogP contribution is -2.31. The molecule has 1 N–H and O–H groups in total. The number of hydrogen-bond donors (Lipinski definition) is 1. The normalized spacial score (nSPS) is 15.8. The van der Waals surface area contributed by atoms with E-state index in [0.29, 0.717) is 18.5 Å². The maximum absolute atomic E-state index is 12.7. The summed E-state index contributed by atoms with van der Waals surface area (Å²) >= 11 is 0.868. The molecule has 1 aliphatic rings. The maximum atomic E-state index is 12.7. The van der Waals surface area contributed by atoms with Crippen LogP contribution in [0.2, 0.25) is 0 Å². The number of nitro groups is 1. The fraction of sp³-hybridized carbons (Fsp3) is 0.562. The summed E-state index contributed by atoms with van der Waals surface area (Å²) in [5.74, 6) is 0.117. The number of benzene rings is 1. The van der Waals surface area contributed by atoms with Crippen LogP contribution in [0.25, 0.3) is 0 Å². The molecular formula is C16H19F3N2O3S. The highest BCUT2D eigenvalue weighted by molar-refractivity contribution is 8.00. The Morgan fingerprint density at radius 1 is 1.28 bits per heavy atom. The molecule has 1 aliphatic carbocycles. The first-order valence-electron chi connectivity index (χ1n) is 8.02. The van der Waals surface area contributed by atoms with Crippen LogP contribution >= 0.6 is 11.8 Å². The molecule has 1 saturated carbocycles. The van der Waals surface area contributed by atoms with Gasteiger partial charge in [-0.2, -0.15) is 13.2 Å². The molecule has 1 aromatic carbocycles. The largest absolute Gasteiger partial charge is 0.416 e. The fourth-order valence-electron chi connectivity index (χ4n) is 2.80. The molecule has 0 spiro atoms. The first-order valence-corrected chi connectivity index (χ1v) is 9.01. The lowest BCUT2D eigenvalue weighted by atomic mass is 9.89. The topological polar surface area (TPSA) is 72.2 Å². The van der Waals surface area contributed by atoms with E-state index in [1.165, 1.54) is 6.42 Å². The van der Waals surface area contributed by atoms with Crippen molar-refractivity contribution < 1.29 is 22.9 Å². The molecule has 138 valence electrons. The number of thioether (sulfide) groups is 1. The van der Waals surface area contributed by atoms with Gasteiger partial charge in [0.1, 0.15) is 0 Å². The number of nitro benzene ring substituents is 1. The van der Waals surface area contributed by atoms with Crippen molar-refractivity contribution in [2.75, 3.05) is 12.3 Å². The first kappa shape index (κ1) is 19.6. The third-order valence-electron chi connectivity index (χ3n) is 4.15. The van der Waals surface area contributed by atoms with Crippen molar-refractivity contribution in [3.8, 4) is 0 Å². The van der Waals surface area contributed by atoms with Crippen LogP contribution in [-0.2, 0) is 11.0 Å². The average Bonchev–Trinajstić information content (AvgIpc) is 2.58. The van der Waals surface area contributed by atoms with E-state index in [1.807, 2.05) is 0 Å². The fourth-order valence-corrected chi connectivity index (χ4v) is 3.64. The Labute approximate surface area is 147 Å². The smallest absolute Gasteiger partial charge is 0.355 e. The molecule has 1 amide bonds. The number of carbonyl (C=O) groups is 1.